The van der Waals surface area contributed by atoms with Crippen LogP contribution in [0.15, 0.2) is 18.2 Å². The molecule has 6 heteroatoms. The number of nitrogens with zero attached hydrogens (tertiary/aromatic N) is 2. The molecular weight excluding hydrogens is 299 g/mol. The van der Waals surface area contributed by atoms with Crippen molar-refractivity contribution < 1.29 is 9.90 Å². The van der Waals surface area contributed by atoms with Gasteiger partial charge in [0.05, 0.1) is 16.4 Å². The highest BCUT2D eigenvalue weighted by Gasteiger charge is 2.50. The van der Waals surface area contributed by atoms with Crippen LogP contribution in [-0.4, -0.2) is 20.9 Å². The first-order chi connectivity index (χ1) is 9.56. The van der Waals surface area contributed by atoms with Gasteiger partial charge in [-0.25, -0.2) is 9.48 Å². The molecule has 0 unspecified atom stereocenters. The SMILES string of the molecule is O=C(O)c1nn(-c2ccc(Cl)cc2Cl)c2c1C[C@H]1C[C@@H]21. The van der Waals surface area contributed by atoms with Gasteiger partial charge in [-0.15, -0.1) is 0 Å². The minimum absolute atomic E-state index is 0.151. The third-order valence-corrected chi connectivity index (χ3v) is 4.64. The molecule has 1 aromatic heterocycles. The summed E-state index contributed by atoms with van der Waals surface area (Å²) in [5, 5.41) is 14.6. The van der Waals surface area contributed by atoms with E-state index in [9.17, 15) is 9.90 Å². The van der Waals surface area contributed by atoms with Gasteiger partial charge in [0.15, 0.2) is 5.69 Å². The molecule has 0 spiro atoms. The Bertz CT molecular complexity index is 754. The summed E-state index contributed by atoms with van der Waals surface area (Å²) in [6, 6.07) is 5.15. The number of hydrogen-bond donors (Lipinski definition) is 1. The van der Waals surface area contributed by atoms with E-state index in [1.807, 2.05) is 0 Å². The molecule has 0 bridgehead atoms. The van der Waals surface area contributed by atoms with Crippen molar-refractivity contribution in [1.82, 2.24) is 9.78 Å². The molecule has 0 amide bonds. The lowest BCUT2D eigenvalue weighted by molar-refractivity contribution is 0.0688. The first-order valence-corrected chi connectivity index (χ1v) is 7.12. The molecule has 20 heavy (non-hydrogen) atoms. The summed E-state index contributed by atoms with van der Waals surface area (Å²) in [6.07, 6.45) is 1.93. The first-order valence-electron chi connectivity index (χ1n) is 6.36. The van der Waals surface area contributed by atoms with Crippen LogP contribution in [0.3, 0.4) is 0 Å². The molecule has 2 aliphatic carbocycles. The summed E-state index contributed by atoms with van der Waals surface area (Å²) in [7, 11) is 0. The van der Waals surface area contributed by atoms with Gasteiger partial charge in [0, 0.05) is 16.5 Å². The molecule has 1 aromatic carbocycles. The third-order valence-electron chi connectivity index (χ3n) is 4.10. The molecule has 1 N–H and O–H groups in total. The van der Waals surface area contributed by atoms with Crippen LogP contribution in [0.4, 0.5) is 0 Å². The molecule has 4 rings (SSSR count). The van der Waals surface area contributed by atoms with E-state index in [1.165, 1.54) is 0 Å². The van der Waals surface area contributed by atoms with Gasteiger partial charge in [0.25, 0.3) is 0 Å². The summed E-state index contributed by atoms with van der Waals surface area (Å²) in [4.78, 5) is 11.3. The van der Waals surface area contributed by atoms with Crippen LogP contribution in [-0.2, 0) is 6.42 Å². The molecule has 2 aliphatic rings. The minimum Gasteiger partial charge on any atom is -0.476 e. The van der Waals surface area contributed by atoms with Crippen LogP contribution in [0.1, 0.15) is 34.1 Å². The monoisotopic (exact) mass is 308 g/mol. The van der Waals surface area contributed by atoms with E-state index in [4.69, 9.17) is 23.2 Å². The van der Waals surface area contributed by atoms with Gasteiger partial charge >= 0.3 is 5.97 Å². The van der Waals surface area contributed by atoms with E-state index in [2.05, 4.69) is 5.10 Å². The number of rotatable bonds is 2. The Labute approximate surface area is 124 Å². The fourth-order valence-electron chi connectivity index (χ4n) is 3.12. The molecule has 2 aromatic rings. The lowest BCUT2D eigenvalue weighted by Crippen LogP contribution is -2.04. The smallest absolute Gasteiger partial charge is 0.356 e. The number of carboxylic acids is 1. The predicted octanol–water partition coefficient (Wildman–Crippen LogP) is 3.54. The highest BCUT2D eigenvalue weighted by atomic mass is 35.5. The quantitative estimate of drug-likeness (QED) is 0.923. The van der Waals surface area contributed by atoms with Gasteiger partial charge in [0.2, 0.25) is 0 Å². The van der Waals surface area contributed by atoms with Crippen molar-refractivity contribution in [3.05, 3.63) is 45.2 Å². The Morgan fingerprint density at radius 2 is 2.20 bits per heavy atom. The number of carbonyl (C=O) groups is 1. The average molecular weight is 309 g/mol. The van der Waals surface area contributed by atoms with Crippen LogP contribution in [0.2, 0.25) is 10.0 Å². The first kappa shape index (κ1) is 12.2. The van der Waals surface area contributed by atoms with Crippen molar-refractivity contribution in [1.29, 1.82) is 0 Å². The Balaban J connectivity index is 1.94. The Kier molecular flexibility index (Phi) is 2.44. The minimum atomic E-state index is -0.980. The van der Waals surface area contributed by atoms with E-state index in [1.54, 1.807) is 22.9 Å². The predicted molar refractivity (Wildman–Crippen MR) is 75.1 cm³/mol. The summed E-state index contributed by atoms with van der Waals surface area (Å²) < 4.78 is 1.69. The maximum Gasteiger partial charge on any atom is 0.356 e. The van der Waals surface area contributed by atoms with Crippen LogP contribution < -0.4 is 0 Å². The molecule has 1 heterocycles. The van der Waals surface area contributed by atoms with E-state index in [-0.39, 0.29) is 5.69 Å². The Morgan fingerprint density at radius 1 is 1.40 bits per heavy atom. The zero-order valence-electron chi connectivity index (χ0n) is 10.3. The second-order valence-electron chi connectivity index (χ2n) is 5.33. The number of hydrogen-bond acceptors (Lipinski definition) is 2. The van der Waals surface area contributed by atoms with Crippen LogP contribution >= 0.6 is 23.2 Å². The highest BCUT2D eigenvalue weighted by Crippen LogP contribution is 2.57. The molecule has 1 saturated carbocycles. The molecule has 102 valence electrons. The average Bonchev–Trinajstić information content (AvgIpc) is 2.89. The number of carboxylic acid groups (broad SMARTS) is 1. The van der Waals surface area contributed by atoms with E-state index in [0.29, 0.717) is 27.6 Å². The second kappa shape index (κ2) is 3.99. The second-order valence-corrected chi connectivity index (χ2v) is 6.18. The normalized spacial score (nSPS) is 22.5. The number of aromatic nitrogens is 2. The van der Waals surface area contributed by atoms with E-state index < -0.39 is 5.97 Å². The van der Waals surface area contributed by atoms with Gasteiger partial charge in [-0.05, 0) is 37.0 Å². The van der Waals surface area contributed by atoms with Crippen molar-refractivity contribution >= 4 is 29.2 Å². The van der Waals surface area contributed by atoms with Crippen LogP contribution in [0, 0.1) is 5.92 Å². The van der Waals surface area contributed by atoms with Gasteiger partial charge < -0.3 is 5.11 Å². The van der Waals surface area contributed by atoms with E-state index >= 15 is 0 Å². The summed E-state index contributed by atoms with van der Waals surface area (Å²) >= 11 is 12.1. The summed E-state index contributed by atoms with van der Waals surface area (Å²) in [5.74, 6) is 0.0298. The molecule has 4 nitrogen and oxygen atoms in total. The molecule has 0 aliphatic heterocycles. The van der Waals surface area contributed by atoms with Gasteiger partial charge in [-0.3, -0.25) is 0 Å². The maximum absolute atomic E-state index is 11.3. The van der Waals surface area contributed by atoms with Crippen molar-refractivity contribution in [3.63, 3.8) is 0 Å². The standard InChI is InChI=1S/C14H10Cl2N2O2/c15-7-1-2-11(10(16)5-7)18-13-8-3-6(8)4-9(13)12(17-18)14(19)20/h1-2,5-6,8H,3-4H2,(H,19,20)/t6-,8-/m1/s1. The summed E-state index contributed by atoms with van der Waals surface area (Å²) in [5.41, 5.74) is 2.71. The molecule has 0 radical (unpaired) electrons. The van der Waals surface area contributed by atoms with Crippen LogP contribution in [0.5, 0.6) is 0 Å². The molecule has 1 fully saturated rings. The van der Waals surface area contributed by atoms with E-state index in [0.717, 1.165) is 24.1 Å². The van der Waals surface area contributed by atoms with Gasteiger partial charge in [0.1, 0.15) is 0 Å². The Hall–Kier alpha value is -1.52. The number of fused-ring (bicyclic) bond motifs is 3. The largest absolute Gasteiger partial charge is 0.476 e. The lowest BCUT2D eigenvalue weighted by Gasteiger charge is -2.08. The maximum atomic E-state index is 11.3. The topological polar surface area (TPSA) is 55.1 Å². The van der Waals surface area contributed by atoms with Crippen LogP contribution in [0.25, 0.3) is 5.69 Å². The molecular formula is C14H10Cl2N2O2. The van der Waals surface area contributed by atoms with Crippen molar-refractivity contribution in [2.24, 2.45) is 5.92 Å². The highest BCUT2D eigenvalue weighted by molar-refractivity contribution is 6.35. The van der Waals surface area contributed by atoms with Crippen molar-refractivity contribution in [2.45, 2.75) is 18.8 Å². The third kappa shape index (κ3) is 1.61. The number of halogens is 2. The fourth-order valence-corrected chi connectivity index (χ4v) is 3.61. The summed E-state index contributed by atoms with van der Waals surface area (Å²) in [6.45, 7) is 0. The fraction of sp³-hybridized carbons (Fsp3) is 0.286. The zero-order valence-corrected chi connectivity index (χ0v) is 11.8. The number of benzene rings is 1. The van der Waals surface area contributed by atoms with Crippen molar-refractivity contribution in [2.75, 3.05) is 0 Å². The molecule has 2 atom stereocenters. The van der Waals surface area contributed by atoms with Crippen molar-refractivity contribution in [3.8, 4) is 5.69 Å². The molecule has 0 saturated heterocycles. The van der Waals surface area contributed by atoms with Gasteiger partial charge in [-0.2, -0.15) is 5.10 Å². The number of aromatic carboxylic acids is 1. The van der Waals surface area contributed by atoms with Gasteiger partial charge in [-0.1, -0.05) is 23.2 Å². The lowest BCUT2D eigenvalue weighted by atomic mass is 10.1. The zero-order chi connectivity index (χ0) is 14.0. The Morgan fingerprint density at radius 3 is 2.90 bits per heavy atom.